The molecule has 0 aliphatic heterocycles. The molecule has 1 aliphatic rings. The highest BCUT2D eigenvalue weighted by atomic mass is 19.4. The fourth-order valence-electron chi connectivity index (χ4n) is 3.54. The van der Waals surface area contributed by atoms with Crippen LogP contribution >= 0.6 is 0 Å². The predicted molar refractivity (Wildman–Crippen MR) is 79.9 cm³/mol. The van der Waals surface area contributed by atoms with Gasteiger partial charge in [0.2, 0.25) is 0 Å². The highest BCUT2D eigenvalue weighted by Crippen LogP contribution is 2.40. The quantitative estimate of drug-likeness (QED) is 0.731. The van der Waals surface area contributed by atoms with Gasteiger partial charge in [0.25, 0.3) is 0 Å². The van der Waals surface area contributed by atoms with Gasteiger partial charge < -0.3 is 4.40 Å². The number of hydrogen-bond donors (Lipinski definition) is 0. The number of imidazole rings is 1. The van der Waals surface area contributed by atoms with Crippen LogP contribution in [-0.4, -0.2) is 9.38 Å². The van der Waals surface area contributed by atoms with Gasteiger partial charge >= 0.3 is 6.18 Å². The zero-order valence-corrected chi connectivity index (χ0v) is 12.6. The molecular weight excluding hydrogens is 307 g/mol. The molecule has 2 aromatic rings. The summed E-state index contributed by atoms with van der Waals surface area (Å²) in [5.41, 5.74) is -0.359. The summed E-state index contributed by atoms with van der Waals surface area (Å²) in [5, 5.41) is 3.06. The minimum atomic E-state index is -4.52. The highest BCUT2D eigenvalue weighted by molar-refractivity contribution is 5.49. The van der Waals surface area contributed by atoms with Crippen molar-refractivity contribution in [1.82, 2.24) is 9.38 Å². The van der Waals surface area contributed by atoms with E-state index in [1.54, 1.807) is 0 Å². The summed E-state index contributed by atoms with van der Waals surface area (Å²) >= 11 is 0. The number of hydrogen-bond acceptors (Lipinski definition) is 3. The van der Waals surface area contributed by atoms with E-state index in [9.17, 15) is 18.1 Å². The molecule has 1 aliphatic carbocycles. The molecule has 0 aromatic carbocycles. The summed E-state index contributed by atoms with van der Waals surface area (Å²) in [4.78, 5) is 15.3. The SMILES string of the molecule is O=NC(CC1CCCCC1)c1c(C(F)(F)F)ccc2cncn12. The number of fused-ring (bicyclic) bond motifs is 1. The van der Waals surface area contributed by atoms with Crippen LogP contribution < -0.4 is 0 Å². The Hall–Kier alpha value is -1.92. The number of halogens is 3. The number of rotatable bonds is 4. The highest BCUT2D eigenvalue weighted by Gasteiger charge is 2.38. The third kappa shape index (κ3) is 3.23. The molecule has 1 atom stereocenters. The Bertz CT molecular complexity index is 689. The van der Waals surface area contributed by atoms with Crippen LogP contribution in [0.15, 0.2) is 29.8 Å². The first-order valence-corrected chi connectivity index (χ1v) is 7.85. The average molecular weight is 325 g/mol. The standard InChI is InChI=1S/C16H18F3N3O/c17-16(18,19)13-7-6-12-9-20-10-22(12)15(13)14(21-23)8-11-4-2-1-3-5-11/h6-7,9-11,14H,1-5,8H2. The van der Waals surface area contributed by atoms with Crippen LogP contribution in [0.2, 0.25) is 0 Å². The average Bonchev–Trinajstić information content (AvgIpc) is 3.00. The largest absolute Gasteiger partial charge is 0.418 e. The van der Waals surface area contributed by atoms with Crippen LogP contribution in [0.25, 0.3) is 5.52 Å². The van der Waals surface area contributed by atoms with E-state index in [-0.39, 0.29) is 11.6 Å². The Morgan fingerprint density at radius 1 is 1.26 bits per heavy atom. The summed E-state index contributed by atoms with van der Waals surface area (Å²) in [6.07, 6.45) is 3.83. The molecule has 7 heteroatoms. The van der Waals surface area contributed by atoms with E-state index in [2.05, 4.69) is 10.2 Å². The van der Waals surface area contributed by atoms with Crippen molar-refractivity contribution in [3.05, 3.63) is 40.8 Å². The van der Waals surface area contributed by atoms with Gasteiger partial charge in [0, 0.05) is 0 Å². The van der Waals surface area contributed by atoms with Crippen LogP contribution in [0.3, 0.4) is 0 Å². The Morgan fingerprint density at radius 2 is 2.00 bits per heavy atom. The van der Waals surface area contributed by atoms with E-state index in [0.29, 0.717) is 11.9 Å². The first kappa shape index (κ1) is 16.0. The van der Waals surface area contributed by atoms with Crippen molar-refractivity contribution in [2.24, 2.45) is 11.1 Å². The Morgan fingerprint density at radius 3 is 2.65 bits per heavy atom. The van der Waals surface area contributed by atoms with Gasteiger partial charge in [-0.2, -0.15) is 18.1 Å². The summed E-state index contributed by atoms with van der Waals surface area (Å²) in [6, 6.07) is 1.38. The first-order chi connectivity index (χ1) is 11.0. The van der Waals surface area contributed by atoms with Crippen molar-refractivity contribution < 1.29 is 13.2 Å². The minimum absolute atomic E-state index is 0.0897. The summed E-state index contributed by atoms with van der Waals surface area (Å²) in [6.45, 7) is 0. The maximum absolute atomic E-state index is 13.4. The molecule has 0 N–H and O–H groups in total. The van der Waals surface area contributed by atoms with E-state index in [0.717, 1.165) is 38.2 Å². The molecule has 0 radical (unpaired) electrons. The molecule has 124 valence electrons. The summed E-state index contributed by atoms with van der Waals surface area (Å²) in [5.74, 6) is 0.256. The molecule has 3 rings (SSSR count). The molecule has 0 amide bonds. The van der Waals surface area contributed by atoms with Crippen molar-refractivity contribution in [2.45, 2.75) is 50.7 Å². The Labute approximate surface area is 131 Å². The lowest BCUT2D eigenvalue weighted by Crippen LogP contribution is -2.18. The monoisotopic (exact) mass is 325 g/mol. The first-order valence-electron chi connectivity index (χ1n) is 7.85. The lowest BCUT2D eigenvalue weighted by Gasteiger charge is -2.25. The maximum Gasteiger partial charge on any atom is 0.418 e. The third-order valence-corrected chi connectivity index (χ3v) is 4.65. The summed E-state index contributed by atoms with van der Waals surface area (Å²) in [7, 11) is 0. The number of nitroso groups, excluding NO2 is 1. The molecule has 23 heavy (non-hydrogen) atoms. The zero-order chi connectivity index (χ0) is 16.4. The molecule has 2 aromatic heterocycles. The molecule has 1 unspecified atom stereocenters. The molecule has 4 nitrogen and oxygen atoms in total. The maximum atomic E-state index is 13.4. The lowest BCUT2D eigenvalue weighted by molar-refractivity contribution is -0.138. The van der Waals surface area contributed by atoms with E-state index >= 15 is 0 Å². The fourth-order valence-corrected chi connectivity index (χ4v) is 3.54. The van der Waals surface area contributed by atoms with E-state index in [1.807, 2.05) is 0 Å². The third-order valence-electron chi connectivity index (χ3n) is 4.65. The van der Waals surface area contributed by atoms with Gasteiger partial charge in [0.05, 0.1) is 29.3 Å². The van der Waals surface area contributed by atoms with Gasteiger partial charge in [-0.15, -0.1) is 0 Å². The number of nitrogens with zero attached hydrogens (tertiary/aromatic N) is 3. The van der Waals surface area contributed by atoms with Crippen LogP contribution in [0.4, 0.5) is 13.2 Å². The molecule has 1 saturated carbocycles. The number of aromatic nitrogens is 2. The number of pyridine rings is 1. The van der Waals surface area contributed by atoms with Crippen LogP contribution in [-0.2, 0) is 6.18 Å². The van der Waals surface area contributed by atoms with E-state index < -0.39 is 17.8 Å². The lowest BCUT2D eigenvalue weighted by atomic mass is 9.83. The summed E-state index contributed by atoms with van der Waals surface area (Å²) < 4.78 is 41.5. The van der Waals surface area contributed by atoms with Crippen LogP contribution in [0, 0.1) is 10.8 Å². The van der Waals surface area contributed by atoms with E-state index in [4.69, 9.17) is 0 Å². The van der Waals surface area contributed by atoms with Gasteiger partial charge in [-0.3, -0.25) is 0 Å². The second-order valence-corrected chi connectivity index (χ2v) is 6.18. The molecular formula is C16H18F3N3O. The zero-order valence-electron chi connectivity index (χ0n) is 12.6. The molecule has 0 spiro atoms. The van der Waals surface area contributed by atoms with E-state index in [1.165, 1.54) is 23.0 Å². The van der Waals surface area contributed by atoms with Crippen LogP contribution in [0.1, 0.15) is 55.8 Å². The minimum Gasteiger partial charge on any atom is -0.300 e. The second kappa shape index (κ2) is 6.29. The molecule has 0 saturated heterocycles. The van der Waals surface area contributed by atoms with Crippen LogP contribution in [0.5, 0.6) is 0 Å². The number of alkyl halides is 3. The van der Waals surface area contributed by atoms with Gasteiger partial charge in [-0.05, 0) is 24.5 Å². The van der Waals surface area contributed by atoms with Crippen molar-refractivity contribution in [2.75, 3.05) is 0 Å². The Kier molecular flexibility index (Phi) is 4.37. The van der Waals surface area contributed by atoms with Gasteiger partial charge in [-0.1, -0.05) is 37.3 Å². The fraction of sp³-hybridized carbons (Fsp3) is 0.562. The van der Waals surface area contributed by atoms with Crippen molar-refractivity contribution >= 4 is 5.52 Å². The normalized spacial score (nSPS) is 18.2. The van der Waals surface area contributed by atoms with Gasteiger partial charge in [0.15, 0.2) is 0 Å². The second-order valence-electron chi connectivity index (χ2n) is 6.18. The van der Waals surface area contributed by atoms with Crippen molar-refractivity contribution in [1.29, 1.82) is 0 Å². The topological polar surface area (TPSA) is 46.7 Å². The van der Waals surface area contributed by atoms with Gasteiger partial charge in [0.1, 0.15) is 6.04 Å². The molecule has 2 heterocycles. The van der Waals surface area contributed by atoms with Gasteiger partial charge in [-0.25, -0.2) is 4.98 Å². The Balaban J connectivity index is 2.03. The molecule has 0 bridgehead atoms. The smallest absolute Gasteiger partial charge is 0.300 e. The predicted octanol–water partition coefficient (Wildman–Crippen LogP) is 5.13. The van der Waals surface area contributed by atoms with Crippen molar-refractivity contribution in [3.8, 4) is 0 Å². The van der Waals surface area contributed by atoms with Crippen molar-refractivity contribution in [3.63, 3.8) is 0 Å². The molecule has 1 fully saturated rings.